The number of nitrogens with zero attached hydrogens (tertiary/aromatic N) is 4. The number of nitrogen functional groups attached to an aromatic ring is 1. The number of aliphatic hydroxyl groups is 2. The first-order chi connectivity index (χ1) is 45.3. The summed E-state index contributed by atoms with van der Waals surface area (Å²) in [5, 5.41) is 36.4. The Labute approximate surface area is 550 Å². The minimum atomic E-state index is -5.03. The number of oxazole rings is 1. The zero-order valence-corrected chi connectivity index (χ0v) is 55.2. The third-order valence-corrected chi connectivity index (χ3v) is 16.0. The molecule has 0 aliphatic carbocycles. The fourth-order valence-corrected chi connectivity index (χ4v) is 11.1. The largest absolute Gasteiger partial charge is 0.493 e. The van der Waals surface area contributed by atoms with Crippen molar-refractivity contribution in [1.29, 1.82) is 0 Å². The van der Waals surface area contributed by atoms with Gasteiger partial charge < -0.3 is 71.2 Å². The molecule has 510 valence electrons. The first-order valence-electron chi connectivity index (χ1n) is 31.6. The number of unbranched alkanes of at least 4 members (excludes halogenated alkanes) is 1. The molecule has 5 aromatic carbocycles. The number of anilines is 1. The van der Waals surface area contributed by atoms with Gasteiger partial charge in [0.15, 0.2) is 18.6 Å². The maximum atomic E-state index is 14.9. The normalized spacial score (nSPS) is 17.4. The third kappa shape index (κ3) is 20.8. The predicted molar refractivity (Wildman–Crippen MR) is 356 cm³/mol. The number of amides is 4. The second-order valence-electron chi connectivity index (χ2n) is 24.8. The Bertz CT molecular complexity index is 3880. The van der Waals surface area contributed by atoms with Crippen LogP contribution in [0.3, 0.4) is 0 Å². The Morgan fingerprint density at radius 3 is 2.05 bits per heavy atom. The predicted octanol–water partition coefficient (Wildman–Crippen LogP) is 7.88. The van der Waals surface area contributed by atoms with Crippen LogP contribution in [-0.4, -0.2) is 128 Å². The monoisotopic (exact) mass is 1330 g/mol. The summed E-state index contributed by atoms with van der Waals surface area (Å²) in [7, 11) is -5.03. The summed E-state index contributed by atoms with van der Waals surface area (Å²) in [6.07, 6.45) is -2.14. The van der Waals surface area contributed by atoms with Gasteiger partial charge in [0.05, 0.1) is 19.4 Å². The zero-order chi connectivity index (χ0) is 68.4. The number of aromatic nitrogens is 3. The molecule has 1 aliphatic heterocycles. The van der Waals surface area contributed by atoms with Crippen LogP contribution in [0.15, 0.2) is 136 Å². The molecule has 0 spiro atoms. The van der Waals surface area contributed by atoms with E-state index in [4.69, 9.17) is 44.0 Å². The van der Waals surface area contributed by atoms with Gasteiger partial charge in [-0.15, -0.1) is 0 Å². The van der Waals surface area contributed by atoms with Gasteiger partial charge in [-0.2, -0.15) is 9.61 Å². The number of ether oxygens (including phenoxy) is 4. The molecular weight excluding hydrogens is 1250 g/mol. The summed E-state index contributed by atoms with van der Waals surface area (Å²) in [6.45, 7) is 12.6. The molecule has 95 heavy (non-hydrogen) atoms. The van der Waals surface area contributed by atoms with Crippen LogP contribution >= 0.6 is 7.82 Å². The van der Waals surface area contributed by atoms with Crippen LogP contribution in [-0.2, 0) is 37.6 Å². The second-order valence-corrected chi connectivity index (χ2v) is 26.2. The third-order valence-electron chi connectivity index (χ3n) is 15.2. The van der Waals surface area contributed by atoms with E-state index < -0.39 is 105 Å². The van der Waals surface area contributed by atoms with E-state index in [2.05, 4.69) is 50.1 Å². The molecule has 1 aliphatic rings. The molecule has 0 radical (unpaired) electrons. The number of aliphatic hydroxyl groups excluding tert-OH is 2. The zero-order valence-electron chi connectivity index (χ0n) is 54.3. The van der Waals surface area contributed by atoms with Gasteiger partial charge >= 0.3 is 19.6 Å². The Balaban J connectivity index is 1.00. The lowest BCUT2D eigenvalue weighted by Crippen LogP contribution is -2.54. The molecule has 8 atom stereocenters. The highest BCUT2D eigenvalue weighted by atomic mass is 31.2. The van der Waals surface area contributed by atoms with E-state index in [0.717, 1.165) is 43.7 Å². The van der Waals surface area contributed by atoms with Crippen molar-refractivity contribution in [3.8, 4) is 33.9 Å². The first-order valence-corrected chi connectivity index (χ1v) is 33.1. The van der Waals surface area contributed by atoms with Crippen molar-refractivity contribution in [2.75, 3.05) is 38.6 Å². The van der Waals surface area contributed by atoms with Crippen LogP contribution in [0.1, 0.15) is 112 Å². The molecule has 2 aromatic heterocycles. The minimum Gasteiger partial charge on any atom is -0.493 e. The van der Waals surface area contributed by atoms with Crippen LogP contribution in [0.25, 0.3) is 44.0 Å². The highest BCUT2D eigenvalue weighted by Gasteiger charge is 2.45. The van der Waals surface area contributed by atoms with Crippen molar-refractivity contribution < 1.29 is 71.4 Å². The molecule has 28 heteroatoms. The Morgan fingerprint density at radius 1 is 0.768 bits per heavy atom. The quantitative estimate of drug-likeness (QED) is 0.00630. The summed E-state index contributed by atoms with van der Waals surface area (Å²) in [5.74, 6) is -0.463. The molecule has 3 heterocycles. The van der Waals surface area contributed by atoms with Crippen LogP contribution in [0, 0.1) is 11.8 Å². The van der Waals surface area contributed by atoms with Crippen molar-refractivity contribution in [3.63, 3.8) is 0 Å². The van der Waals surface area contributed by atoms with Crippen molar-refractivity contribution in [3.05, 3.63) is 138 Å². The van der Waals surface area contributed by atoms with Crippen LogP contribution in [0.2, 0.25) is 0 Å². The molecule has 0 bridgehead atoms. The molecule has 8 rings (SSSR count). The SMILES string of the molecule is CC(C)CCOc1ccc2ccccc2c1-c1c(OCC(=O)NC(CCCCNC(=O)OC(C)(C)C)C(=O)NC(CCCN=C(N)NOP(=O)(O)OC[C@H]2O[C@@H](n3ccc(N)nc3=O)[C@H](O)[C@@H]2O)C(=O)NC(CC(C)C)c2ncc(-c3ccccc3)o2)ccc2ccccc12. The number of phosphoric ester groups is 1. The van der Waals surface area contributed by atoms with Gasteiger partial charge in [-0.1, -0.05) is 119 Å². The maximum absolute atomic E-state index is 14.9. The summed E-state index contributed by atoms with van der Waals surface area (Å²) < 4.78 is 53.9. The molecule has 27 nitrogen and oxygen atoms in total. The summed E-state index contributed by atoms with van der Waals surface area (Å²) in [6, 6.07) is 30.7. The Morgan fingerprint density at radius 2 is 1.40 bits per heavy atom. The lowest BCUT2D eigenvalue weighted by molar-refractivity contribution is -0.133. The van der Waals surface area contributed by atoms with E-state index in [1.165, 1.54) is 12.3 Å². The number of guanidine groups is 1. The number of hydrogen-bond donors (Lipinski definition) is 10. The number of carbonyl (C=O) groups is 4. The van der Waals surface area contributed by atoms with Gasteiger partial charge in [0.2, 0.25) is 23.7 Å². The van der Waals surface area contributed by atoms with Gasteiger partial charge in [-0.05, 0) is 117 Å². The Kier molecular flexibility index (Phi) is 25.3. The topological polar surface area (TPSA) is 387 Å². The molecule has 4 amide bonds. The number of hydroxylamine groups is 1. The number of carbonyl (C=O) groups excluding carboxylic acids is 4. The Hall–Kier alpha value is -8.95. The molecule has 1 fully saturated rings. The van der Waals surface area contributed by atoms with Gasteiger partial charge in [0, 0.05) is 36.0 Å². The van der Waals surface area contributed by atoms with Gasteiger partial charge in [0.25, 0.3) is 5.91 Å². The number of phosphoric acid groups is 1. The van der Waals surface area contributed by atoms with E-state index >= 15 is 0 Å². The number of nitrogens with two attached hydrogens (primary N) is 2. The second kappa shape index (κ2) is 33.4. The van der Waals surface area contributed by atoms with E-state index in [0.29, 0.717) is 54.6 Å². The van der Waals surface area contributed by atoms with Crippen molar-refractivity contribution in [1.82, 2.24) is 41.3 Å². The molecular formula is C67H86N11O16P. The van der Waals surface area contributed by atoms with E-state index in [9.17, 15) is 43.6 Å². The van der Waals surface area contributed by atoms with Gasteiger partial charge in [-0.25, -0.2) is 24.6 Å². The number of alkyl carbamates (subject to hydrolysis) is 1. The highest BCUT2D eigenvalue weighted by molar-refractivity contribution is 7.47. The number of aliphatic imine (C=N–C) groups is 1. The average Bonchev–Trinajstić information content (AvgIpc) is 1.43. The van der Waals surface area contributed by atoms with Crippen LogP contribution in [0.4, 0.5) is 10.6 Å². The minimum absolute atomic E-state index is 0.0229. The summed E-state index contributed by atoms with van der Waals surface area (Å²) in [4.78, 5) is 91.8. The van der Waals surface area contributed by atoms with Crippen molar-refractivity contribution in [2.45, 2.75) is 142 Å². The molecule has 0 saturated carbocycles. The summed E-state index contributed by atoms with van der Waals surface area (Å²) >= 11 is 0. The van der Waals surface area contributed by atoms with Crippen molar-refractivity contribution >= 4 is 65.0 Å². The fraction of sp³-hybridized carbons (Fsp3) is 0.433. The molecule has 7 aromatic rings. The van der Waals surface area contributed by atoms with Crippen LogP contribution < -0.4 is 53.4 Å². The molecule has 12 N–H and O–H groups in total. The highest BCUT2D eigenvalue weighted by Crippen LogP contribution is 2.46. The first kappa shape index (κ1) is 71.9. The van der Waals surface area contributed by atoms with Crippen molar-refractivity contribution in [2.24, 2.45) is 22.6 Å². The molecule has 4 unspecified atom stereocenters. The number of fused-ring (bicyclic) bond motifs is 2. The summed E-state index contributed by atoms with van der Waals surface area (Å²) in [5.41, 5.74) is 14.3. The molecule has 1 saturated heterocycles. The smallest absolute Gasteiger partial charge is 0.493 e. The number of benzene rings is 5. The lowest BCUT2D eigenvalue weighted by Gasteiger charge is -2.25. The van der Waals surface area contributed by atoms with Crippen LogP contribution in [0.5, 0.6) is 11.5 Å². The fourth-order valence-electron chi connectivity index (χ4n) is 10.5. The number of hydrogen-bond acceptors (Lipinski definition) is 19. The van der Waals surface area contributed by atoms with E-state index in [1.807, 2.05) is 116 Å². The standard InChI is InChI=1S/C67H86N11O16P/c1-40(2)31-35-88-50-28-26-42-18-11-13-22-45(42)56(50)57-46-23-14-12-19-43(46)27-29-51(57)89-39-55(79)73-47(24-15-16-32-71-66(85)93-67(5,6)7)60(82)74-48(61(83)75-49(36-41(3)4)62-72-37-52(91-62)44-20-9-8-10-21-44)25-17-33-70-64(69)77-94-95(86,87)90-38-53-58(80)59(81)63(92-53)78-34-30-54(68)76-65(78)84/h8-14,18-23,26-30,34,37,40-41,47-49,53,58-59,63,80-81H,15-17,24-25,31-33,35-36,38-39H2,1-7H3,(H,71,85)(H,73,79)(H,74,82)(H,75,83)(H,86,87)(H2,68,76,84)(H3,69,70,77)/t47?,48?,49?,53-,58-,59-,63-/m1/s1. The van der Waals surface area contributed by atoms with E-state index in [-0.39, 0.29) is 50.0 Å². The average molecular weight is 1330 g/mol. The number of rotatable bonds is 32. The maximum Gasteiger partial charge on any atom is 0.493 e. The lowest BCUT2D eigenvalue weighted by atomic mass is 9.92. The van der Waals surface area contributed by atoms with Gasteiger partial charge in [-0.3, -0.25) is 28.5 Å². The number of nitrogens with one attached hydrogen (secondary N) is 5. The van der Waals surface area contributed by atoms with Gasteiger partial charge in [0.1, 0.15) is 59.4 Å². The van der Waals surface area contributed by atoms with E-state index in [1.54, 1.807) is 33.0 Å².